The van der Waals surface area contributed by atoms with Gasteiger partial charge in [0, 0.05) is 6.42 Å². The van der Waals surface area contributed by atoms with E-state index in [0.717, 1.165) is 12.8 Å². The van der Waals surface area contributed by atoms with Gasteiger partial charge >= 0.3 is 11.9 Å². The minimum atomic E-state index is -1.19. The van der Waals surface area contributed by atoms with E-state index in [1.54, 1.807) is 0 Å². The van der Waals surface area contributed by atoms with Crippen LogP contribution >= 0.6 is 0 Å². The van der Waals surface area contributed by atoms with Crippen molar-refractivity contribution in [2.24, 2.45) is 0 Å². The Hall–Kier alpha value is -1.10. The first kappa shape index (κ1) is 13.9. The molecule has 88 valence electrons. The first-order valence-corrected chi connectivity index (χ1v) is 5.14. The van der Waals surface area contributed by atoms with Crippen molar-refractivity contribution in [2.45, 2.75) is 45.1 Å². The fourth-order valence-electron chi connectivity index (χ4n) is 0.978. The second kappa shape index (κ2) is 8.23. The maximum atomic E-state index is 11.1. The average Bonchev–Trinajstić information content (AvgIpc) is 2.17. The van der Waals surface area contributed by atoms with Crippen LogP contribution in [0.2, 0.25) is 0 Å². The van der Waals surface area contributed by atoms with Crippen molar-refractivity contribution in [1.29, 1.82) is 0 Å². The zero-order valence-electron chi connectivity index (χ0n) is 8.94. The molecule has 0 saturated heterocycles. The smallest absolute Gasteiger partial charge is 0.334 e. The lowest BCUT2D eigenvalue weighted by Gasteiger charge is -2.09. The van der Waals surface area contributed by atoms with E-state index in [2.05, 4.69) is 0 Å². The number of rotatable bonds is 8. The lowest BCUT2D eigenvalue weighted by atomic mass is 10.1. The molecule has 5 nitrogen and oxygen atoms in total. The summed E-state index contributed by atoms with van der Waals surface area (Å²) in [5, 5.41) is 17.6. The van der Waals surface area contributed by atoms with E-state index in [1.807, 2.05) is 6.92 Å². The highest BCUT2D eigenvalue weighted by Crippen LogP contribution is 2.03. The van der Waals surface area contributed by atoms with Crippen LogP contribution in [0.4, 0.5) is 0 Å². The van der Waals surface area contributed by atoms with Crippen LogP contribution in [-0.4, -0.2) is 34.9 Å². The van der Waals surface area contributed by atoms with Gasteiger partial charge in [0.15, 0.2) is 6.10 Å². The molecule has 0 aromatic rings. The maximum absolute atomic E-state index is 11.1. The summed E-state index contributed by atoms with van der Waals surface area (Å²) >= 11 is 0. The molecule has 0 amide bonds. The molecule has 0 aromatic heterocycles. The Labute approximate surface area is 89.0 Å². The Morgan fingerprint density at radius 2 is 2.00 bits per heavy atom. The summed E-state index contributed by atoms with van der Waals surface area (Å²) < 4.78 is 4.77. The number of carboxylic acids is 1. The molecular weight excluding hydrogens is 200 g/mol. The number of hydrogen-bond acceptors (Lipinski definition) is 4. The second-order valence-electron chi connectivity index (χ2n) is 3.32. The number of aliphatic carboxylic acids is 1. The highest BCUT2D eigenvalue weighted by Gasteiger charge is 2.16. The maximum Gasteiger partial charge on any atom is 0.334 e. The van der Waals surface area contributed by atoms with Gasteiger partial charge in [-0.1, -0.05) is 13.3 Å². The number of carbonyl (C=O) groups excluding carboxylic acids is 1. The molecule has 0 aliphatic heterocycles. The first-order valence-electron chi connectivity index (χ1n) is 5.14. The number of aliphatic hydroxyl groups excluding tert-OH is 1. The van der Waals surface area contributed by atoms with Gasteiger partial charge in [0.25, 0.3) is 0 Å². The predicted molar refractivity (Wildman–Crippen MR) is 53.4 cm³/mol. The fourth-order valence-corrected chi connectivity index (χ4v) is 0.978. The SMILES string of the molecule is CCCCOC(=O)C(O)CCCC(=O)O. The standard InChI is InChI=1S/C10H18O5/c1-2-3-7-15-10(14)8(11)5-4-6-9(12)13/h8,11H,2-7H2,1H3,(H,12,13). The average molecular weight is 218 g/mol. The lowest BCUT2D eigenvalue weighted by molar-refractivity contribution is -0.154. The van der Waals surface area contributed by atoms with Crippen LogP contribution in [0.15, 0.2) is 0 Å². The summed E-state index contributed by atoms with van der Waals surface area (Å²) in [5.41, 5.74) is 0. The molecule has 0 bridgehead atoms. The zero-order valence-corrected chi connectivity index (χ0v) is 8.94. The molecule has 0 heterocycles. The Balaban J connectivity index is 3.55. The van der Waals surface area contributed by atoms with Crippen LogP contribution in [0.5, 0.6) is 0 Å². The van der Waals surface area contributed by atoms with Crippen LogP contribution in [-0.2, 0) is 14.3 Å². The van der Waals surface area contributed by atoms with E-state index in [1.165, 1.54) is 0 Å². The largest absolute Gasteiger partial charge is 0.481 e. The third-order valence-electron chi connectivity index (χ3n) is 1.88. The monoisotopic (exact) mass is 218 g/mol. The highest BCUT2D eigenvalue weighted by molar-refractivity contribution is 5.74. The van der Waals surface area contributed by atoms with Crippen molar-refractivity contribution >= 4 is 11.9 Å². The highest BCUT2D eigenvalue weighted by atomic mass is 16.5. The van der Waals surface area contributed by atoms with E-state index >= 15 is 0 Å². The van der Waals surface area contributed by atoms with Gasteiger partial charge in [-0.05, 0) is 19.3 Å². The lowest BCUT2D eigenvalue weighted by Crippen LogP contribution is -2.23. The molecule has 1 unspecified atom stereocenters. The van der Waals surface area contributed by atoms with Crippen molar-refractivity contribution in [1.82, 2.24) is 0 Å². The van der Waals surface area contributed by atoms with Crippen molar-refractivity contribution in [3.8, 4) is 0 Å². The van der Waals surface area contributed by atoms with Crippen molar-refractivity contribution in [3.63, 3.8) is 0 Å². The van der Waals surface area contributed by atoms with E-state index in [9.17, 15) is 14.7 Å². The topological polar surface area (TPSA) is 83.8 Å². The van der Waals surface area contributed by atoms with Gasteiger partial charge < -0.3 is 14.9 Å². The van der Waals surface area contributed by atoms with Gasteiger partial charge in [0.05, 0.1) is 6.61 Å². The second-order valence-corrected chi connectivity index (χ2v) is 3.32. The van der Waals surface area contributed by atoms with Gasteiger partial charge in [-0.3, -0.25) is 4.79 Å². The Bertz CT molecular complexity index is 202. The fraction of sp³-hybridized carbons (Fsp3) is 0.800. The van der Waals surface area contributed by atoms with Crippen LogP contribution in [0.1, 0.15) is 39.0 Å². The molecular formula is C10H18O5. The minimum Gasteiger partial charge on any atom is -0.481 e. The van der Waals surface area contributed by atoms with Crippen LogP contribution < -0.4 is 0 Å². The summed E-state index contributed by atoms with van der Waals surface area (Å²) in [5.74, 6) is -1.59. The van der Waals surface area contributed by atoms with E-state index < -0.39 is 18.0 Å². The number of carbonyl (C=O) groups is 2. The molecule has 0 radical (unpaired) electrons. The number of ether oxygens (including phenoxy) is 1. The predicted octanol–water partition coefficient (Wildman–Crippen LogP) is 0.946. The molecule has 0 fully saturated rings. The van der Waals surface area contributed by atoms with Crippen LogP contribution in [0, 0.1) is 0 Å². The minimum absolute atomic E-state index is 0.0424. The van der Waals surface area contributed by atoms with E-state index in [-0.39, 0.29) is 19.3 Å². The van der Waals surface area contributed by atoms with Crippen LogP contribution in [0.25, 0.3) is 0 Å². The summed E-state index contributed by atoms with van der Waals surface area (Å²) in [6, 6.07) is 0. The van der Waals surface area contributed by atoms with E-state index in [4.69, 9.17) is 9.84 Å². The van der Waals surface area contributed by atoms with Crippen molar-refractivity contribution in [3.05, 3.63) is 0 Å². The first-order chi connectivity index (χ1) is 7.07. The Morgan fingerprint density at radius 1 is 1.33 bits per heavy atom. The molecule has 1 atom stereocenters. The Kier molecular flexibility index (Phi) is 7.62. The van der Waals surface area contributed by atoms with Gasteiger partial charge in [-0.2, -0.15) is 0 Å². The number of aliphatic hydroxyl groups is 1. The molecule has 0 rings (SSSR count). The van der Waals surface area contributed by atoms with Gasteiger partial charge in [-0.25, -0.2) is 4.79 Å². The molecule has 0 aliphatic carbocycles. The third kappa shape index (κ3) is 7.93. The van der Waals surface area contributed by atoms with Gasteiger partial charge in [0.1, 0.15) is 0 Å². The number of unbranched alkanes of at least 4 members (excludes halogenated alkanes) is 1. The number of esters is 1. The van der Waals surface area contributed by atoms with Crippen LogP contribution in [0.3, 0.4) is 0 Å². The number of carboxylic acid groups (broad SMARTS) is 1. The number of hydrogen-bond donors (Lipinski definition) is 2. The molecule has 0 saturated carbocycles. The molecule has 0 spiro atoms. The quantitative estimate of drug-likeness (QED) is 0.468. The molecule has 15 heavy (non-hydrogen) atoms. The molecule has 0 aromatic carbocycles. The molecule has 0 aliphatic rings. The summed E-state index contributed by atoms with van der Waals surface area (Å²) in [7, 11) is 0. The summed E-state index contributed by atoms with van der Waals surface area (Å²) in [6.45, 7) is 2.28. The van der Waals surface area contributed by atoms with Gasteiger partial charge in [-0.15, -0.1) is 0 Å². The Morgan fingerprint density at radius 3 is 2.53 bits per heavy atom. The zero-order chi connectivity index (χ0) is 11.7. The van der Waals surface area contributed by atoms with Crippen molar-refractivity contribution in [2.75, 3.05) is 6.61 Å². The molecule has 5 heteroatoms. The van der Waals surface area contributed by atoms with E-state index in [0.29, 0.717) is 6.61 Å². The normalized spacial score (nSPS) is 12.1. The third-order valence-corrected chi connectivity index (χ3v) is 1.88. The summed E-state index contributed by atoms with van der Waals surface area (Å²) in [6.07, 6.45) is 0.868. The van der Waals surface area contributed by atoms with Crippen molar-refractivity contribution < 1.29 is 24.5 Å². The van der Waals surface area contributed by atoms with Gasteiger partial charge in [0.2, 0.25) is 0 Å². The summed E-state index contributed by atoms with van der Waals surface area (Å²) in [4.78, 5) is 21.2. The molecule has 2 N–H and O–H groups in total.